The van der Waals surface area contributed by atoms with Crippen LogP contribution in [0.3, 0.4) is 0 Å². The van der Waals surface area contributed by atoms with E-state index in [2.05, 4.69) is 41.2 Å². The third kappa shape index (κ3) is 4.61. The molecule has 0 radical (unpaired) electrons. The summed E-state index contributed by atoms with van der Waals surface area (Å²) in [5.74, 6) is 1.61. The molecule has 0 amide bonds. The summed E-state index contributed by atoms with van der Waals surface area (Å²) in [6.07, 6.45) is 5.62. The number of hydrogen-bond donors (Lipinski definition) is 1. The van der Waals surface area contributed by atoms with Crippen molar-refractivity contribution in [2.24, 2.45) is 5.92 Å². The van der Waals surface area contributed by atoms with Crippen LogP contribution in [0.15, 0.2) is 12.5 Å². The average Bonchev–Trinajstić information content (AvgIpc) is 3.03. The lowest BCUT2D eigenvalue weighted by Gasteiger charge is -2.17. The molecule has 0 aliphatic rings. The Labute approximate surface area is 130 Å². The topological polar surface area (TPSA) is 55.6 Å². The van der Waals surface area contributed by atoms with Crippen LogP contribution in [0.4, 0.5) is 0 Å². The van der Waals surface area contributed by atoms with E-state index in [0.717, 1.165) is 36.8 Å². The van der Waals surface area contributed by atoms with Gasteiger partial charge in [0.2, 0.25) is 0 Å². The van der Waals surface area contributed by atoms with Crippen molar-refractivity contribution in [2.45, 2.75) is 53.1 Å². The van der Waals surface area contributed by atoms with E-state index in [1.807, 2.05) is 17.8 Å². The van der Waals surface area contributed by atoms with Crippen molar-refractivity contribution in [3.8, 4) is 0 Å². The van der Waals surface area contributed by atoms with Crippen LogP contribution in [0.25, 0.3) is 0 Å². The van der Waals surface area contributed by atoms with Crippen LogP contribution in [0.2, 0.25) is 0 Å². The molecule has 0 saturated carbocycles. The van der Waals surface area contributed by atoms with Crippen molar-refractivity contribution in [1.82, 2.24) is 25.1 Å². The van der Waals surface area contributed by atoms with Gasteiger partial charge in [-0.25, -0.2) is 14.6 Å². The average molecular weight is 307 g/mol. The Morgan fingerprint density at radius 2 is 2.14 bits per heavy atom. The Bertz CT molecular complexity index is 546. The highest BCUT2D eigenvalue weighted by atomic mass is 32.1. The summed E-state index contributed by atoms with van der Waals surface area (Å²) in [6.45, 7) is 10.5. The molecule has 116 valence electrons. The van der Waals surface area contributed by atoms with Crippen molar-refractivity contribution in [3.05, 3.63) is 28.2 Å². The smallest absolute Gasteiger partial charge is 0.138 e. The standard InChI is InChI=1S/C15H25N5S/c1-5-6-16-13(14-8-17-12(4)21-14)7-15-18-10-19-20(15)9-11(2)3/h8,10-11,13,16H,5-7,9H2,1-4H3. The second-order valence-electron chi connectivity index (χ2n) is 5.74. The highest BCUT2D eigenvalue weighted by molar-refractivity contribution is 7.11. The second-order valence-corrected chi connectivity index (χ2v) is 7.01. The first-order valence-electron chi connectivity index (χ1n) is 7.62. The zero-order valence-electron chi connectivity index (χ0n) is 13.3. The molecule has 21 heavy (non-hydrogen) atoms. The molecule has 1 atom stereocenters. The van der Waals surface area contributed by atoms with Crippen LogP contribution >= 0.6 is 11.3 Å². The highest BCUT2D eigenvalue weighted by Gasteiger charge is 2.17. The van der Waals surface area contributed by atoms with Crippen LogP contribution in [0.5, 0.6) is 0 Å². The number of nitrogens with one attached hydrogen (secondary N) is 1. The lowest BCUT2D eigenvalue weighted by atomic mass is 10.1. The summed E-state index contributed by atoms with van der Waals surface area (Å²) in [5.41, 5.74) is 0. The highest BCUT2D eigenvalue weighted by Crippen LogP contribution is 2.23. The van der Waals surface area contributed by atoms with Gasteiger partial charge in [-0.1, -0.05) is 20.8 Å². The number of hydrogen-bond acceptors (Lipinski definition) is 5. The molecular formula is C15H25N5S. The Hall–Kier alpha value is -1.27. The Morgan fingerprint density at radius 1 is 1.33 bits per heavy atom. The third-order valence-corrected chi connectivity index (χ3v) is 4.27. The summed E-state index contributed by atoms with van der Waals surface area (Å²) in [4.78, 5) is 10.1. The van der Waals surface area contributed by atoms with Gasteiger partial charge in [-0.15, -0.1) is 11.3 Å². The van der Waals surface area contributed by atoms with Gasteiger partial charge < -0.3 is 5.32 Å². The van der Waals surface area contributed by atoms with Gasteiger partial charge in [0, 0.05) is 24.0 Å². The molecule has 1 N–H and O–H groups in total. The van der Waals surface area contributed by atoms with Crippen LogP contribution < -0.4 is 5.32 Å². The van der Waals surface area contributed by atoms with Gasteiger partial charge >= 0.3 is 0 Å². The monoisotopic (exact) mass is 307 g/mol. The van der Waals surface area contributed by atoms with E-state index < -0.39 is 0 Å². The predicted molar refractivity (Wildman–Crippen MR) is 86.4 cm³/mol. The molecule has 0 bridgehead atoms. The van der Waals surface area contributed by atoms with Crippen molar-refractivity contribution in [1.29, 1.82) is 0 Å². The zero-order valence-corrected chi connectivity index (χ0v) is 14.2. The van der Waals surface area contributed by atoms with Gasteiger partial charge in [0.25, 0.3) is 0 Å². The second kappa shape index (κ2) is 7.66. The minimum absolute atomic E-state index is 0.270. The molecule has 2 rings (SSSR count). The maximum Gasteiger partial charge on any atom is 0.138 e. The van der Waals surface area contributed by atoms with Gasteiger partial charge in [0.15, 0.2) is 0 Å². The lowest BCUT2D eigenvalue weighted by molar-refractivity contribution is 0.445. The fourth-order valence-corrected chi connectivity index (χ4v) is 3.12. The largest absolute Gasteiger partial charge is 0.309 e. The van der Waals surface area contributed by atoms with Crippen molar-refractivity contribution in [2.75, 3.05) is 6.54 Å². The van der Waals surface area contributed by atoms with E-state index in [1.165, 1.54) is 4.88 Å². The fraction of sp³-hybridized carbons (Fsp3) is 0.667. The normalized spacial score (nSPS) is 13.0. The quantitative estimate of drug-likeness (QED) is 0.814. The SMILES string of the molecule is CCCNC(Cc1ncnn1CC(C)C)c1cnc(C)s1. The summed E-state index contributed by atoms with van der Waals surface area (Å²) >= 11 is 1.76. The van der Waals surface area contributed by atoms with Gasteiger partial charge in [-0.2, -0.15) is 5.10 Å². The minimum Gasteiger partial charge on any atom is -0.309 e. The van der Waals surface area contributed by atoms with E-state index in [0.29, 0.717) is 5.92 Å². The van der Waals surface area contributed by atoms with Crippen LogP contribution in [0.1, 0.15) is 48.9 Å². The molecule has 0 spiro atoms. The zero-order chi connectivity index (χ0) is 15.2. The Kier molecular flexibility index (Phi) is 5.87. The molecule has 2 aromatic heterocycles. The van der Waals surface area contributed by atoms with E-state index in [4.69, 9.17) is 0 Å². The molecule has 0 aliphatic heterocycles. The molecular weight excluding hydrogens is 282 g/mol. The summed E-state index contributed by atoms with van der Waals surface area (Å²) < 4.78 is 2.03. The molecule has 0 aliphatic carbocycles. The predicted octanol–water partition coefficient (Wildman–Crippen LogP) is 2.98. The summed E-state index contributed by atoms with van der Waals surface area (Å²) in [7, 11) is 0. The van der Waals surface area contributed by atoms with Gasteiger partial charge in [0.1, 0.15) is 12.2 Å². The van der Waals surface area contributed by atoms with E-state index in [1.54, 1.807) is 17.7 Å². The van der Waals surface area contributed by atoms with Crippen LogP contribution in [-0.4, -0.2) is 26.3 Å². The molecule has 0 aromatic carbocycles. The van der Waals surface area contributed by atoms with Crippen LogP contribution in [-0.2, 0) is 13.0 Å². The molecule has 0 fully saturated rings. The first-order chi connectivity index (χ1) is 10.1. The number of aryl methyl sites for hydroxylation is 1. The number of nitrogens with zero attached hydrogens (tertiary/aromatic N) is 4. The Balaban J connectivity index is 2.13. The van der Waals surface area contributed by atoms with E-state index in [9.17, 15) is 0 Å². The third-order valence-electron chi connectivity index (χ3n) is 3.24. The molecule has 2 heterocycles. The maximum atomic E-state index is 4.45. The molecule has 5 nitrogen and oxygen atoms in total. The van der Waals surface area contributed by atoms with Gasteiger partial charge in [0.05, 0.1) is 11.0 Å². The lowest BCUT2D eigenvalue weighted by Crippen LogP contribution is -2.25. The Morgan fingerprint density at radius 3 is 2.76 bits per heavy atom. The van der Waals surface area contributed by atoms with Crippen molar-refractivity contribution >= 4 is 11.3 Å². The van der Waals surface area contributed by atoms with Crippen molar-refractivity contribution < 1.29 is 0 Å². The van der Waals surface area contributed by atoms with Gasteiger partial charge in [-0.3, -0.25) is 0 Å². The minimum atomic E-state index is 0.270. The number of aromatic nitrogens is 4. The maximum absolute atomic E-state index is 4.45. The first-order valence-corrected chi connectivity index (χ1v) is 8.44. The first kappa shape index (κ1) is 16.1. The fourth-order valence-electron chi connectivity index (χ4n) is 2.26. The molecule has 2 aromatic rings. The number of rotatable bonds is 8. The van der Waals surface area contributed by atoms with Gasteiger partial charge in [-0.05, 0) is 25.8 Å². The van der Waals surface area contributed by atoms with Crippen molar-refractivity contribution in [3.63, 3.8) is 0 Å². The van der Waals surface area contributed by atoms with E-state index >= 15 is 0 Å². The molecule has 0 saturated heterocycles. The molecule has 6 heteroatoms. The van der Waals surface area contributed by atoms with Crippen LogP contribution in [0, 0.1) is 12.8 Å². The summed E-state index contributed by atoms with van der Waals surface area (Å²) in [6, 6.07) is 0.270. The number of thiazole rings is 1. The summed E-state index contributed by atoms with van der Waals surface area (Å²) in [5, 5.41) is 9.07. The molecule has 1 unspecified atom stereocenters. The van der Waals surface area contributed by atoms with E-state index in [-0.39, 0.29) is 6.04 Å².